The van der Waals surface area contributed by atoms with E-state index in [4.69, 9.17) is 11.3 Å². The molecule has 1 aromatic heterocycles. The van der Waals surface area contributed by atoms with Crippen LogP contribution < -0.4 is 0 Å². The molecule has 0 atom stereocenters. The van der Waals surface area contributed by atoms with Gasteiger partial charge in [0.25, 0.3) is 0 Å². The van der Waals surface area contributed by atoms with Gasteiger partial charge in [-0.3, -0.25) is 0 Å². The molecule has 236 valence electrons. The van der Waals surface area contributed by atoms with Gasteiger partial charge in [-0.2, -0.15) is 0 Å². The molecule has 0 spiro atoms. The lowest BCUT2D eigenvalue weighted by Crippen LogP contribution is -1.92. The molecule has 0 amide bonds. The maximum Gasteiger partial charge on any atom is 0.143 e. The minimum absolute atomic E-state index is 0.184. The average Bonchev–Trinajstić information content (AvgIpc) is 3.63. The van der Waals surface area contributed by atoms with Gasteiger partial charge in [0.1, 0.15) is 11.2 Å². The number of furan rings is 1. The Labute approximate surface area is 301 Å². The molecule has 0 bridgehead atoms. The smallest absolute Gasteiger partial charge is 0.143 e. The van der Waals surface area contributed by atoms with Crippen molar-refractivity contribution in [3.05, 3.63) is 182 Å². The highest BCUT2D eigenvalue weighted by Crippen LogP contribution is 2.48. The zero-order valence-electron chi connectivity index (χ0n) is 32.3. The van der Waals surface area contributed by atoms with Crippen LogP contribution in [0.5, 0.6) is 0 Å². The van der Waals surface area contributed by atoms with E-state index < -0.39 is 6.04 Å². The molecule has 0 aliphatic carbocycles. The van der Waals surface area contributed by atoms with Crippen LogP contribution in [0.1, 0.15) is 6.85 Å². The second-order valence-corrected chi connectivity index (χ2v) is 13.2. The van der Waals surface area contributed by atoms with Crippen LogP contribution in [-0.4, -0.2) is 0 Å². The molecule has 1 nitrogen and oxygen atoms in total. The molecule has 0 aliphatic rings. The lowest BCUT2D eigenvalue weighted by molar-refractivity contribution is 0.673. The topological polar surface area (TPSA) is 13.1 Å². The van der Waals surface area contributed by atoms with E-state index in [2.05, 4.69) is 121 Å². The first kappa shape index (κ1) is 23.6. The first-order valence-electron chi connectivity index (χ1n) is 19.7. The summed E-state index contributed by atoms with van der Waals surface area (Å²) >= 11 is 0. The molecule has 0 N–H and O–H groups in total. The Kier molecular flexibility index (Phi) is 5.05. The Bertz CT molecular complexity index is 3400. The van der Waals surface area contributed by atoms with Gasteiger partial charge in [0.2, 0.25) is 0 Å². The van der Waals surface area contributed by atoms with Gasteiger partial charge in [-0.05, 0) is 106 Å². The van der Waals surface area contributed by atoms with Gasteiger partial charge in [-0.1, -0.05) is 158 Å². The third kappa shape index (κ3) is 4.16. The summed E-state index contributed by atoms with van der Waals surface area (Å²) in [6.45, 7) is 0. The number of benzene rings is 10. The zero-order chi connectivity index (χ0) is 37.8. The maximum atomic E-state index is 8.54. The van der Waals surface area contributed by atoms with Crippen LogP contribution in [-0.2, 0) is 0 Å². The van der Waals surface area contributed by atoms with Crippen molar-refractivity contribution >= 4 is 75.8 Å². The fourth-order valence-electron chi connectivity index (χ4n) is 8.34. The summed E-state index contributed by atoms with van der Waals surface area (Å²) in [6.07, 6.45) is 0. The molecule has 0 saturated heterocycles. The van der Waals surface area contributed by atoms with Crippen LogP contribution in [0.3, 0.4) is 0 Å². The molecular formula is C50H30O. The SMILES string of the molecule is [2H]c1c([2H])c([2H])c(-c2ccc3c(ccc4c3oc3cccc(-c5c6ccccc6c(-c6cccc7c6ccc6ccccc67)c6ccccc56)c34)c2)c([2H])c1[2H]. The molecule has 0 aliphatic heterocycles. The molecule has 11 aromatic rings. The minimum atomic E-state index is -0.401. The van der Waals surface area contributed by atoms with Crippen molar-refractivity contribution in [1.29, 1.82) is 0 Å². The van der Waals surface area contributed by atoms with Gasteiger partial charge >= 0.3 is 0 Å². The van der Waals surface area contributed by atoms with E-state index in [9.17, 15) is 0 Å². The monoisotopic (exact) mass is 651 g/mol. The van der Waals surface area contributed by atoms with E-state index in [-0.39, 0.29) is 29.7 Å². The summed E-state index contributed by atoms with van der Waals surface area (Å²) in [7, 11) is 0. The van der Waals surface area contributed by atoms with Crippen molar-refractivity contribution in [2.75, 3.05) is 0 Å². The lowest BCUT2D eigenvalue weighted by atomic mass is 9.83. The summed E-state index contributed by atoms with van der Waals surface area (Å²) in [5, 5.41) is 13.3. The van der Waals surface area contributed by atoms with Gasteiger partial charge in [0, 0.05) is 16.2 Å². The molecule has 0 fully saturated rings. The van der Waals surface area contributed by atoms with E-state index in [1.807, 2.05) is 30.3 Å². The Morgan fingerprint density at radius 1 is 0.373 bits per heavy atom. The summed E-state index contributed by atoms with van der Waals surface area (Å²) in [5.74, 6) is 0. The van der Waals surface area contributed by atoms with Crippen molar-refractivity contribution in [3.8, 4) is 33.4 Å². The van der Waals surface area contributed by atoms with E-state index in [0.29, 0.717) is 5.56 Å². The minimum Gasteiger partial charge on any atom is -0.455 e. The number of rotatable bonds is 3. The van der Waals surface area contributed by atoms with Crippen LogP contribution >= 0.6 is 0 Å². The van der Waals surface area contributed by atoms with E-state index in [1.54, 1.807) is 0 Å². The predicted molar refractivity (Wildman–Crippen MR) is 218 cm³/mol. The third-order valence-corrected chi connectivity index (χ3v) is 10.5. The highest BCUT2D eigenvalue weighted by molar-refractivity contribution is 6.28. The summed E-state index contributed by atoms with van der Waals surface area (Å²) in [6, 6.07) is 51.7. The fraction of sp³-hybridized carbons (Fsp3) is 0. The summed E-state index contributed by atoms with van der Waals surface area (Å²) in [4.78, 5) is 0. The van der Waals surface area contributed by atoms with Crippen LogP contribution in [0.4, 0.5) is 0 Å². The highest BCUT2D eigenvalue weighted by atomic mass is 16.3. The molecule has 11 rings (SSSR count). The molecule has 1 heterocycles. The van der Waals surface area contributed by atoms with Gasteiger partial charge < -0.3 is 4.42 Å². The Morgan fingerprint density at radius 3 is 1.73 bits per heavy atom. The van der Waals surface area contributed by atoms with Gasteiger partial charge in [-0.15, -0.1) is 0 Å². The molecular weight excluding hydrogens is 617 g/mol. The van der Waals surface area contributed by atoms with Crippen LogP contribution in [0.2, 0.25) is 0 Å². The highest BCUT2D eigenvalue weighted by Gasteiger charge is 2.22. The van der Waals surface area contributed by atoms with Gasteiger partial charge in [0.05, 0.1) is 6.85 Å². The Balaban J connectivity index is 1.17. The summed E-state index contributed by atoms with van der Waals surface area (Å²) < 4.78 is 48.2. The standard InChI is InChI=1S/C50H30O/c1-2-12-31(13-3-1)33-25-27-36-34(30-33)26-29-45-49-44(22-11-23-46(49)51-50(36)45)48-42-18-8-6-16-40(42)47(41-17-7-9-19-43(41)48)39-21-10-20-37-35-15-5-4-14-32(35)24-28-38(37)39/h1-30H/i1D,2D,3D,12D,13D. The zero-order valence-corrected chi connectivity index (χ0v) is 27.3. The predicted octanol–water partition coefficient (Wildman–Crippen LogP) is 14.4. The van der Waals surface area contributed by atoms with Crippen molar-refractivity contribution in [1.82, 2.24) is 0 Å². The van der Waals surface area contributed by atoms with Crippen molar-refractivity contribution in [3.63, 3.8) is 0 Å². The number of hydrogen-bond acceptors (Lipinski definition) is 1. The van der Waals surface area contributed by atoms with E-state index in [0.717, 1.165) is 54.6 Å². The number of fused-ring (bicyclic) bond motifs is 10. The first-order chi connectivity index (χ1) is 27.4. The Hall–Kier alpha value is -6.70. The number of hydrogen-bond donors (Lipinski definition) is 0. The molecule has 51 heavy (non-hydrogen) atoms. The molecule has 0 radical (unpaired) electrons. The second-order valence-electron chi connectivity index (χ2n) is 13.2. The van der Waals surface area contributed by atoms with Crippen LogP contribution in [0, 0.1) is 0 Å². The summed E-state index contributed by atoms with van der Waals surface area (Å²) in [5.41, 5.74) is 6.91. The Morgan fingerprint density at radius 2 is 0.961 bits per heavy atom. The second kappa shape index (κ2) is 10.9. The third-order valence-electron chi connectivity index (χ3n) is 10.5. The largest absolute Gasteiger partial charge is 0.455 e. The first-order valence-corrected chi connectivity index (χ1v) is 17.2. The molecule has 1 heteroatoms. The van der Waals surface area contributed by atoms with Gasteiger partial charge in [0.15, 0.2) is 0 Å². The molecule has 0 unspecified atom stereocenters. The normalized spacial score (nSPS) is 13.3. The van der Waals surface area contributed by atoms with Crippen molar-refractivity contribution in [2.45, 2.75) is 0 Å². The van der Waals surface area contributed by atoms with Crippen molar-refractivity contribution in [2.24, 2.45) is 0 Å². The van der Waals surface area contributed by atoms with Crippen LogP contribution in [0.25, 0.3) is 109 Å². The lowest BCUT2D eigenvalue weighted by Gasteiger charge is -2.19. The van der Waals surface area contributed by atoms with Crippen LogP contribution in [0.15, 0.2) is 186 Å². The quantitative estimate of drug-likeness (QED) is 0.137. The van der Waals surface area contributed by atoms with E-state index in [1.165, 1.54) is 43.4 Å². The fourth-order valence-corrected chi connectivity index (χ4v) is 8.34. The maximum absolute atomic E-state index is 8.54. The molecule has 10 aromatic carbocycles. The van der Waals surface area contributed by atoms with E-state index >= 15 is 0 Å². The average molecular weight is 652 g/mol. The van der Waals surface area contributed by atoms with Gasteiger partial charge in [-0.25, -0.2) is 0 Å². The molecule has 0 saturated carbocycles. The van der Waals surface area contributed by atoms with Crippen molar-refractivity contribution < 1.29 is 11.3 Å².